The zero-order chi connectivity index (χ0) is 15.4. The van der Waals surface area contributed by atoms with Gasteiger partial charge in [-0.15, -0.1) is 0 Å². The third-order valence-electron chi connectivity index (χ3n) is 3.79. The van der Waals surface area contributed by atoms with Gasteiger partial charge in [-0.25, -0.2) is 0 Å². The average Bonchev–Trinajstić information content (AvgIpc) is 2.82. The molecule has 0 aromatic heterocycles. The van der Waals surface area contributed by atoms with Crippen molar-refractivity contribution in [3.05, 3.63) is 28.2 Å². The highest BCUT2D eigenvalue weighted by Crippen LogP contribution is 2.23. The fraction of sp³-hybridized carbons (Fsp3) is 0.500. The Morgan fingerprint density at radius 1 is 1.48 bits per heavy atom. The molecule has 0 unspecified atom stereocenters. The fourth-order valence-electron chi connectivity index (χ4n) is 2.48. The number of unbranched alkanes of at least 4 members (excludes halogenated alkanes) is 1. The Balaban J connectivity index is 1.95. The molecule has 2 rings (SSSR count). The summed E-state index contributed by atoms with van der Waals surface area (Å²) >= 11 is 3.44. The number of amides is 2. The number of carbonyl (C=O) groups excluding carboxylic acids is 2. The number of rotatable bonds is 5. The maximum atomic E-state index is 12.3. The van der Waals surface area contributed by atoms with E-state index in [9.17, 15) is 9.59 Å². The predicted molar refractivity (Wildman–Crippen MR) is 87.1 cm³/mol. The van der Waals surface area contributed by atoms with Crippen LogP contribution in [0.3, 0.4) is 0 Å². The Bertz CT molecular complexity index is 545. The summed E-state index contributed by atoms with van der Waals surface area (Å²) < 4.78 is 1.02. The number of anilines is 1. The van der Waals surface area contributed by atoms with Crippen LogP contribution in [0.1, 0.15) is 31.7 Å². The molecule has 21 heavy (non-hydrogen) atoms. The van der Waals surface area contributed by atoms with Gasteiger partial charge in [0.2, 0.25) is 11.8 Å². The molecule has 1 aliphatic heterocycles. The highest BCUT2D eigenvalue weighted by Gasteiger charge is 2.33. The molecule has 5 heteroatoms. The molecule has 1 aromatic carbocycles. The summed E-state index contributed by atoms with van der Waals surface area (Å²) in [5, 5.41) is 2.91. The van der Waals surface area contributed by atoms with Gasteiger partial charge in [0.15, 0.2) is 0 Å². The Kier molecular flexibility index (Phi) is 5.39. The molecule has 0 aliphatic carbocycles. The Morgan fingerprint density at radius 3 is 2.90 bits per heavy atom. The first-order chi connectivity index (χ1) is 10.0. The second kappa shape index (κ2) is 7.07. The van der Waals surface area contributed by atoms with Crippen LogP contribution in [-0.2, 0) is 9.59 Å². The van der Waals surface area contributed by atoms with Crippen LogP contribution >= 0.6 is 15.9 Å². The molecule has 1 aliphatic rings. The lowest BCUT2D eigenvalue weighted by Gasteiger charge is -2.16. The highest BCUT2D eigenvalue weighted by atomic mass is 79.9. The molecule has 0 radical (unpaired) electrons. The normalized spacial score (nSPS) is 18.1. The van der Waals surface area contributed by atoms with E-state index >= 15 is 0 Å². The molecular formula is C16H21BrN2O2. The monoisotopic (exact) mass is 352 g/mol. The molecule has 1 atom stereocenters. The standard InChI is InChI=1S/C16H21BrN2O2/c1-3-4-7-19-10-12(9-15(19)20)16(21)18-13-5-6-14(17)11(2)8-13/h5-6,8,12H,3-4,7,9-10H2,1-2H3,(H,18,21)/t12-/m0/s1. The van der Waals surface area contributed by atoms with Crippen molar-refractivity contribution in [2.24, 2.45) is 5.92 Å². The summed E-state index contributed by atoms with van der Waals surface area (Å²) in [5.74, 6) is -0.210. The van der Waals surface area contributed by atoms with Gasteiger partial charge in [-0.1, -0.05) is 29.3 Å². The lowest BCUT2D eigenvalue weighted by atomic mass is 10.1. The lowest BCUT2D eigenvalue weighted by molar-refractivity contribution is -0.128. The Labute approximate surface area is 134 Å². The number of aryl methyl sites for hydroxylation is 1. The molecule has 1 saturated heterocycles. The summed E-state index contributed by atoms with van der Waals surface area (Å²) in [6, 6.07) is 5.70. The van der Waals surface area contributed by atoms with Crippen LogP contribution in [-0.4, -0.2) is 29.8 Å². The van der Waals surface area contributed by atoms with E-state index in [1.807, 2.05) is 25.1 Å². The van der Waals surface area contributed by atoms with Crippen molar-refractivity contribution in [3.8, 4) is 0 Å². The number of nitrogens with zero attached hydrogens (tertiary/aromatic N) is 1. The maximum absolute atomic E-state index is 12.3. The van der Waals surface area contributed by atoms with E-state index in [-0.39, 0.29) is 17.7 Å². The van der Waals surface area contributed by atoms with Crippen LogP contribution in [0, 0.1) is 12.8 Å². The van der Waals surface area contributed by atoms with Crippen LogP contribution in [0.15, 0.2) is 22.7 Å². The third kappa shape index (κ3) is 4.06. The van der Waals surface area contributed by atoms with Gasteiger partial charge in [-0.2, -0.15) is 0 Å². The van der Waals surface area contributed by atoms with E-state index < -0.39 is 0 Å². The Hall–Kier alpha value is -1.36. The van der Waals surface area contributed by atoms with Gasteiger partial charge in [0.25, 0.3) is 0 Å². The number of likely N-dealkylation sites (tertiary alicyclic amines) is 1. The summed E-state index contributed by atoms with van der Waals surface area (Å²) in [6.07, 6.45) is 2.37. The van der Waals surface area contributed by atoms with Crippen LogP contribution in [0.4, 0.5) is 5.69 Å². The number of halogens is 1. The number of benzene rings is 1. The summed E-state index contributed by atoms with van der Waals surface area (Å²) in [7, 11) is 0. The number of nitrogens with one attached hydrogen (secondary N) is 1. The van der Waals surface area contributed by atoms with E-state index in [1.165, 1.54) is 0 Å². The molecular weight excluding hydrogens is 332 g/mol. The second-order valence-electron chi connectivity index (χ2n) is 5.55. The zero-order valence-electron chi connectivity index (χ0n) is 12.5. The van der Waals surface area contributed by atoms with Crippen LogP contribution < -0.4 is 5.32 Å². The van der Waals surface area contributed by atoms with E-state index in [1.54, 1.807) is 4.90 Å². The van der Waals surface area contributed by atoms with E-state index in [4.69, 9.17) is 0 Å². The minimum atomic E-state index is -0.238. The minimum absolute atomic E-state index is 0.0657. The zero-order valence-corrected chi connectivity index (χ0v) is 14.1. The summed E-state index contributed by atoms with van der Waals surface area (Å²) in [5.41, 5.74) is 1.85. The van der Waals surface area contributed by atoms with Crippen molar-refractivity contribution < 1.29 is 9.59 Å². The Morgan fingerprint density at radius 2 is 2.24 bits per heavy atom. The first-order valence-corrected chi connectivity index (χ1v) is 8.15. The van der Waals surface area contributed by atoms with E-state index in [0.717, 1.165) is 35.1 Å². The molecule has 4 nitrogen and oxygen atoms in total. The maximum Gasteiger partial charge on any atom is 0.229 e. The van der Waals surface area contributed by atoms with Gasteiger partial charge in [-0.3, -0.25) is 9.59 Å². The predicted octanol–water partition coefficient (Wildman–Crippen LogP) is 3.34. The topological polar surface area (TPSA) is 49.4 Å². The van der Waals surface area contributed by atoms with Crippen molar-refractivity contribution in [2.75, 3.05) is 18.4 Å². The van der Waals surface area contributed by atoms with Crippen LogP contribution in [0.25, 0.3) is 0 Å². The van der Waals surface area contributed by atoms with E-state index in [0.29, 0.717) is 13.0 Å². The second-order valence-corrected chi connectivity index (χ2v) is 6.40. The van der Waals surface area contributed by atoms with Crippen molar-refractivity contribution >= 4 is 33.4 Å². The first kappa shape index (κ1) is 16.0. The fourth-order valence-corrected chi connectivity index (χ4v) is 2.73. The van der Waals surface area contributed by atoms with Crippen molar-refractivity contribution in [2.45, 2.75) is 33.1 Å². The quantitative estimate of drug-likeness (QED) is 0.883. The highest BCUT2D eigenvalue weighted by molar-refractivity contribution is 9.10. The molecule has 0 spiro atoms. The average molecular weight is 353 g/mol. The van der Waals surface area contributed by atoms with Gasteiger partial charge < -0.3 is 10.2 Å². The smallest absolute Gasteiger partial charge is 0.229 e. The number of hydrogen-bond acceptors (Lipinski definition) is 2. The molecule has 114 valence electrons. The molecule has 0 bridgehead atoms. The summed E-state index contributed by atoms with van der Waals surface area (Å²) in [6.45, 7) is 5.38. The largest absolute Gasteiger partial charge is 0.342 e. The molecule has 1 aromatic rings. The third-order valence-corrected chi connectivity index (χ3v) is 4.68. The van der Waals surface area contributed by atoms with Gasteiger partial charge in [0.1, 0.15) is 0 Å². The number of hydrogen-bond donors (Lipinski definition) is 1. The van der Waals surface area contributed by atoms with Crippen molar-refractivity contribution in [1.82, 2.24) is 4.90 Å². The molecule has 1 heterocycles. The SMILES string of the molecule is CCCCN1C[C@@H](C(=O)Nc2ccc(Br)c(C)c2)CC1=O. The first-order valence-electron chi connectivity index (χ1n) is 7.36. The molecule has 1 fully saturated rings. The van der Waals surface area contributed by atoms with Crippen LogP contribution in [0.5, 0.6) is 0 Å². The summed E-state index contributed by atoms with van der Waals surface area (Å²) in [4.78, 5) is 26.0. The molecule has 2 amide bonds. The van der Waals surface area contributed by atoms with Crippen LogP contribution in [0.2, 0.25) is 0 Å². The van der Waals surface area contributed by atoms with E-state index in [2.05, 4.69) is 28.2 Å². The molecule has 0 saturated carbocycles. The minimum Gasteiger partial charge on any atom is -0.342 e. The number of carbonyl (C=O) groups is 2. The van der Waals surface area contributed by atoms with Gasteiger partial charge in [0, 0.05) is 29.7 Å². The molecule has 1 N–H and O–H groups in total. The van der Waals surface area contributed by atoms with Gasteiger partial charge in [-0.05, 0) is 37.1 Å². The van der Waals surface area contributed by atoms with Crippen molar-refractivity contribution in [1.29, 1.82) is 0 Å². The van der Waals surface area contributed by atoms with Gasteiger partial charge in [0.05, 0.1) is 5.92 Å². The lowest BCUT2D eigenvalue weighted by Crippen LogP contribution is -2.29. The van der Waals surface area contributed by atoms with Gasteiger partial charge >= 0.3 is 0 Å². The van der Waals surface area contributed by atoms with Crippen molar-refractivity contribution in [3.63, 3.8) is 0 Å².